The Morgan fingerprint density at radius 3 is 2.59 bits per heavy atom. The van der Waals surface area contributed by atoms with E-state index in [9.17, 15) is 4.39 Å². The molecule has 2 rings (SSSR count). The molecule has 0 spiro atoms. The lowest BCUT2D eigenvalue weighted by atomic mass is 9.84. The number of pyridine rings is 1. The number of unbranched alkanes of at least 4 members (excludes halogenated alkanes) is 1. The van der Waals surface area contributed by atoms with Gasteiger partial charge in [-0.2, -0.15) is 0 Å². The molecule has 1 aromatic heterocycles. The van der Waals surface area contributed by atoms with Crippen molar-refractivity contribution in [3.8, 4) is 0 Å². The minimum absolute atomic E-state index is 0.202. The number of nitrogens with one attached hydrogen (secondary N) is 3. The smallest absolute Gasteiger partial charge is 0.191 e. The highest BCUT2D eigenvalue weighted by atomic mass is 19.1. The van der Waals surface area contributed by atoms with E-state index in [4.69, 9.17) is 0 Å². The number of benzene rings is 1. The second kappa shape index (κ2) is 10.5. The fourth-order valence-electron chi connectivity index (χ4n) is 2.68. The molecule has 0 aliphatic rings. The second-order valence-corrected chi connectivity index (χ2v) is 7.10. The standard InChI is InChI=1S/C21H30FN5/c1-21(2,17-9-8-10-18(22)15-17)16-27-20(23-3)26-14-7-6-13-25-19-11-4-5-12-24-19/h4-5,8-12,15H,6-7,13-14,16H2,1-3H3,(H,24,25)(H2,23,26,27). The average molecular weight is 372 g/mol. The maximum absolute atomic E-state index is 13.5. The maximum Gasteiger partial charge on any atom is 0.191 e. The van der Waals surface area contributed by atoms with Gasteiger partial charge in [-0.25, -0.2) is 9.37 Å². The van der Waals surface area contributed by atoms with Gasteiger partial charge in [0.25, 0.3) is 0 Å². The Morgan fingerprint density at radius 1 is 1.07 bits per heavy atom. The second-order valence-electron chi connectivity index (χ2n) is 7.10. The fraction of sp³-hybridized carbons (Fsp3) is 0.429. The molecule has 6 heteroatoms. The zero-order valence-electron chi connectivity index (χ0n) is 16.4. The summed E-state index contributed by atoms with van der Waals surface area (Å²) in [5, 5.41) is 9.96. The summed E-state index contributed by atoms with van der Waals surface area (Å²) in [6, 6.07) is 12.6. The van der Waals surface area contributed by atoms with Gasteiger partial charge < -0.3 is 16.0 Å². The highest BCUT2D eigenvalue weighted by Gasteiger charge is 2.21. The maximum atomic E-state index is 13.5. The Labute approximate surface area is 161 Å². The van der Waals surface area contributed by atoms with Gasteiger partial charge in [0.05, 0.1) is 0 Å². The summed E-state index contributed by atoms with van der Waals surface area (Å²) in [4.78, 5) is 8.50. The normalized spacial score (nSPS) is 11.9. The lowest BCUT2D eigenvalue weighted by Crippen LogP contribution is -2.43. The van der Waals surface area contributed by atoms with Crippen LogP contribution in [0.4, 0.5) is 10.2 Å². The van der Waals surface area contributed by atoms with E-state index in [2.05, 4.69) is 39.8 Å². The molecule has 5 nitrogen and oxygen atoms in total. The molecule has 0 fully saturated rings. The Kier molecular flexibility index (Phi) is 8.04. The third kappa shape index (κ3) is 7.25. The van der Waals surface area contributed by atoms with Crippen LogP contribution in [-0.4, -0.2) is 37.6 Å². The number of hydrogen-bond acceptors (Lipinski definition) is 3. The first kappa shape index (κ1) is 20.7. The molecule has 2 aromatic rings. The van der Waals surface area contributed by atoms with Gasteiger partial charge in [-0.05, 0) is 42.7 Å². The first-order valence-corrected chi connectivity index (χ1v) is 9.37. The van der Waals surface area contributed by atoms with Crippen LogP contribution in [0, 0.1) is 5.82 Å². The number of anilines is 1. The molecule has 0 unspecified atom stereocenters. The zero-order chi connectivity index (χ0) is 19.5. The van der Waals surface area contributed by atoms with Crippen molar-refractivity contribution in [2.24, 2.45) is 4.99 Å². The Morgan fingerprint density at radius 2 is 1.89 bits per heavy atom. The van der Waals surface area contributed by atoms with E-state index in [0.717, 1.165) is 43.3 Å². The third-order valence-corrected chi connectivity index (χ3v) is 4.39. The van der Waals surface area contributed by atoms with Crippen molar-refractivity contribution in [2.45, 2.75) is 32.1 Å². The summed E-state index contributed by atoms with van der Waals surface area (Å²) in [7, 11) is 1.76. The molecule has 0 aliphatic carbocycles. The van der Waals surface area contributed by atoms with Crippen LogP contribution < -0.4 is 16.0 Å². The molecule has 3 N–H and O–H groups in total. The van der Waals surface area contributed by atoms with Crippen molar-refractivity contribution in [1.82, 2.24) is 15.6 Å². The summed E-state index contributed by atoms with van der Waals surface area (Å²) >= 11 is 0. The van der Waals surface area contributed by atoms with Gasteiger partial charge in [0.15, 0.2) is 5.96 Å². The van der Waals surface area contributed by atoms with Gasteiger partial charge >= 0.3 is 0 Å². The SMILES string of the molecule is CN=C(NCCCCNc1ccccn1)NCC(C)(C)c1cccc(F)c1. The van der Waals surface area contributed by atoms with Crippen LogP contribution in [0.5, 0.6) is 0 Å². The molecular formula is C21H30FN5. The summed E-state index contributed by atoms with van der Waals surface area (Å²) in [5.74, 6) is 1.46. The molecule has 27 heavy (non-hydrogen) atoms. The largest absolute Gasteiger partial charge is 0.370 e. The molecule has 1 aromatic carbocycles. The highest BCUT2D eigenvalue weighted by Crippen LogP contribution is 2.22. The fourth-order valence-corrected chi connectivity index (χ4v) is 2.68. The Hall–Kier alpha value is -2.63. The minimum atomic E-state index is -0.206. The number of halogens is 1. The van der Waals surface area contributed by atoms with Gasteiger partial charge in [-0.3, -0.25) is 4.99 Å². The number of aliphatic imine (C=N–C) groups is 1. The summed E-state index contributed by atoms with van der Waals surface area (Å²) in [6.45, 7) is 6.56. The molecule has 0 bridgehead atoms. The molecule has 1 heterocycles. The van der Waals surface area contributed by atoms with Crippen LogP contribution in [0.3, 0.4) is 0 Å². The first-order chi connectivity index (χ1) is 13.0. The minimum Gasteiger partial charge on any atom is -0.370 e. The highest BCUT2D eigenvalue weighted by molar-refractivity contribution is 5.79. The van der Waals surface area contributed by atoms with E-state index in [0.29, 0.717) is 6.54 Å². The molecule has 146 valence electrons. The van der Waals surface area contributed by atoms with Crippen molar-refractivity contribution in [3.63, 3.8) is 0 Å². The quantitative estimate of drug-likeness (QED) is 0.358. The van der Waals surface area contributed by atoms with Crippen LogP contribution in [0.2, 0.25) is 0 Å². The number of rotatable bonds is 9. The van der Waals surface area contributed by atoms with Crippen LogP contribution in [0.25, 0.3) is 0 Å². The van der Waals surface area contributed by atoms with E-state index in [1.165, 1.54) is 6.07 Å². The van der Waals surface area contributed by atoms with Gasteiger partial charge in [0.1, 0.15) is 11.6 Å². The van der Waals surface area contributed by atoms with Crippen LogP contribution in [0.1, 0.15) is 32.3 Å². The molecule has 0 saturated carbocycles. The van der Waals surface area contributed by atoms with Crippen molar-refractivity contribution in [1.29, 1.82) is 0 Å². The molecule has 0 saturated heterocycles. The van der Waals surface area contributed by atoms with Crippen LogP contribution >= 0.6 is 0 Å². The van der Waals surface area contributed by atoms with E-state index in [-0.39, 0.29) is 11.2 Å². The Bertz CT molecular complexity index is 716. The van der Waals surface area contributed by atoms with Gasteiger partial charge in [0, 0.05) is 38.3 Å². The molecule has 0 amide bonds. The predicted molar refractivity (Wildman–Crippen MR) is 111 cm³/mol. The van der Waals surface area contributed by atoms with Gasteiger partial charge in [0.2, 0.25) is 0 Å². The number of hydrogen-bond donors (Lipinski definition) is 3. The van der Waals surface area contributed by atoms with E-state index >= 15 is 0 Å². The molecular weight excluding hydrogens is 341 g/mol. The van der Waals surface area contributed by atoms with Crippen molar-refractivity contribution < 1.29 is 4.39 Å². The van der Waals surface area contributed by atoms with E-state index in [1.807, 2.05) is 24.3 Å². The molecule has 0 radical (unpaired) electrons. The number of guanidine groups is 1. The van der Waals surface area contributed by atoms with Crippen molar-refractivity contribution in [3.05, 3.63) is 60.0 Å². The predicted octanol–water partition coefficient (Wildman–Crippen LogP) is 3.56. The summed E-state index contributed by atoms with van der Waals surface area (Å²) < 4.78 is 13.5. The summed E-state index contributed by atoms with van der Waals surface area (Å²) in [6.07, 6.45) is 3.84. The van der Waals surface area contributed by atoms with Gasteiger partial charge in [-0.15, -0.1) is 0 Å². The topological polar surface area (TPSA) is 61.3 Å². The van der Waals surface area contributed by atoms with E-state index in [1.54, 1.807) is 25.4 Å². The number of aromatic nitrogens is 1. The van der Waals surface area contributed by atoms with Gasteiger partial charge in [-0.1, -0.05) is 32.0 Å². The van der Waals surface area contributed by atoms with Crippen LogP contribution in [0.15, 0.2) is 53.7 Å². The molecule has 0 atom stereocenters. The first-order valence-electron chi connectivity index (χ1n) is 9.37. The van der Waals surface area contributed by atoms with Crippen molar-refractivity contribution in [2.75, 3.05) is 32.0 Å². The zero-order valence-corrected chi connectivity index (χ0v) is 16.4. The van der Waals surface area contributed by atoms with Crippen LogP contribution in [-0.2, 0) is 5.41 Å². The molecule has 0 aliphatic heterocycles. The monoisotopic (exact) mass is 371 g/mol. The van der Waals surface area contributed by atoms with Crippen molar-refractivity contribution >= 4 is 11.8 Å². The lowest BCUT2D eigenvalue weighted by Gasteiger charge is -2.27. The Balaban J connectivity index is 1.66. The van der Waals surface area contributed by atoms with E-state index < -0.39 is 0 Å². The average Bonchev–Trinajstić information content (AvgIpc) is 2.67. The lowest BCUT2D eigenvalue weighted by molar-refractivity contribution is 0.503. The number of nitrogens with zero attached hydrogens (tertiary/aromatic N) is 2. The third-order valence-electron chi connectivity index (χ3n) is 4.39. The summed E-state index contributed by atoms with van der Waals surface area (Å²) in [5.41, 5.74) is 0.762.